The number of Topliss-reactive ketones (excluding diaryl/α,β-unsaturated/α-hetero) is 2. The average molecular weight is 208 g/mol. The summed E-state index contributed by atoms with van der Waals surface area (Å²) < 4.78 is 0. The average Bonchev–Trinajstić information content (AvgIpc) is 2.61. The molecule has 0 aromatic carbocycles. The second-order valence-corrected chi connectivity index (χ2v) is 2.21. The van der Waals surface area contributed by atoms with Gasteiger partial charge in [0.25, 0.3) is 0 Å². The zero-order valence-electron chi connectivity index (χ0n) is 10.3. The van der Waals surface area contributed by atoms with E-state index < -0.39 is 11.6 Å². The van der Waals surface area contributed by atoms with Gasteiger partial charge in [0.15, 0.2) is 0 Å². The third-order valence-electron chi connectivity index (χ3n) is 1.57. The van der Waals surface area contributed by atoms with E-state index in [1.807, 2.05) is 27.7 Å². The SMILES string of the molecule is C=CC1=C/C(=C\C)C(=O)C1=O.CC.CC. The standard InChI is InChI=1S/C9H8O2.2C2H6/c1-3-6-5-7(4-2)9(11)8(6)10;2*1-2/h3-5H,1H2,2H3;2*1-2H3/b7-4+;;. The Hall–Kier alpha value is -1.44. The van der Waals surface area contributed by atoms with Gasteiger partial charge in [-0.15, -0.1) is 0 Å². The van der Waals surface area contributed by atoms with Crippen LogP contribution in [0.15, 0.2) is 36.0 Å². The lowest BCUT2D eigenvalue weighted by Gasteiger charge is -1.85. The van der Waals surface area contributed by atoms with Crippen LogP contribution in [0.25, 0.3) is 0 Å². The van der Waals surface area contributed by atoms with E-state index in [9.17, 15) is 9.59 Å². The molecule has 0 saturated heterocycles. The van der Waals surface area contributed by atoms with Gasteiger partial charge in [-0.3, -0.25) is 9.59 Å². The van der Waals surface area contributed by atoms with Crippen LogP contribution in [-0.2, 0) is 9.59 Å². The Morgan fingerprint density at radius 3 is 1.73 bits per heavy atom. The number of hydrogen-bond donors (Lipinski definition) is 0. The van der Waals surface area contributed by atoms with E-state index in [1.165, 1.54) is 6.08 Å². The van der Waals surface area contributed by atoms with Crippen molar-refractivity contribution < 1.29 is 9.59 Å². The van der Waals surface area contributed by atoms with E-state index >= 15 is 0 Å². The summed E-state index contributed by atoms with van der Waals surface area (Å²) in [7, 11) is 0. The maximum Gasteiger partial charge on any atom is 0.233 e. The number of allylic oxidation sites excluding steroid dienone is 5. The molecule has 0 saturated carbocycles. The molecule has 0 amide bonds. The van der Waals surface area contributed by atoms with Crippen LogP contribution in [0, 0.1) is 0 Å². The topological polar surface area (TPSA) is 34.1 Å². The van der Waals surface area contributed by atoms with Gasteiger partial charge in [-0.25, -0.2) is 0 Å². The molecule has 15 heavy (non-hydrogen) atoms. The molecule has 0 aliphatic heterocycles. The number of hydrogen-bond acceptors (Lipinski definition) is 2. The van der Waals surface area contributed by atoms with Crippen LogP contribution in [0.3, 0.4) is 0 Å². The van der Waals surface area contributed by atoms with Gasteiger partial charge < -0.3 is 0 Å². The Kier molecular flexibility index (Phi) is 9.74. The van der Waals surface area contributed by atoms with E-state index in [0.29, 0.717) is 11.1 Å². The summed E-state index contributed by atoms with van der Waals surface area (Å²) in [5.74, 6) is -0.879. The highest BCUT2D eigenvalue weighted by atomic mass is 16.2. The van der Waals surface area contributed by atoms with Crippen LogP contribution in [0.4, 0.5) is 0 Å². The van der Waals surface area contributed by atoms with E-state index in [-0.39, 0.29) is 0 Å². The molecule has 0 aromatic heterocycles. The monoisotopic (exact) mass is 208 g/mol. The number of rotatable bonds is 1. The number of carbonyl (C=O) groups is 2. The second kappa shape index (κ2) is 9.13. The molecule has 84 valence electrons. The molecular formula is C13H20O2. The molecule has 0 aromatic rings. The molecule has 1 aliphatic carbocycles. The Balaban J connectivity index is 0. The predicted molar refractivity (Wildman–Crippen MR) is 64.7 cm³/mol. The number of ketones is 2. The molecule has 2 nitrogen and oxygen atoms in total. The lowest BCUT2D eigenvalue weighted by atomic mass is 10.2. The van der Waals surface area contributed by atoms with Gasteiger partial charge in [0.2, 0.25) is 11.6 Å². The van der Waals surface area contributed by atoms with Crippen LogP contribution in [0.5, 0.6) is 0 Å². The van der Waals surface area contributed by atoms with Crippen molar-refractivity contribution in [3.05, 3.63) is 36.0 Å². The van der Waals surface area contributed by atoms with Gasteiger partial charge in [0, 0.05) is 11.1 Å². The van der Waals surface area contributed by atoms with Crippen molar-refractivity contribution in [2.45, 2.75) is 34.6 Å². The van der Waals surface area contributed by atoms with Crippen molar-refractivity contribution in [1.82, 2.24) is 0 Å². The molecule has 0 N–H and O–H groups in total. The number of carbonyl (C=O) groups excluding carboxylic acids is 2. The van der Waals surface area contributed by atoms with E-state index in [4.69, 9.17) is 0 Å². The Morgan fingerprint density at radius 1 is 1.07 bits per heavy atom. The van der Waals surface area contributed by atoms with Crippen LogP contribution >= 0.6 is 0 Å². The van der Waals surface area contributed by atoms with Crippen molar-refractivity contribution in [2.75, 3.05) is 0 Å². The molecule has 0 bridgehead atoms. The van der Waals surface area contributed by atoms with E-state index in [2.05, 4.69) is 6.58 Å². The molecule has 0 atom stereocenters. The maximum atomic E-state index is 11.0. The van der Waals surface area contributed by atoms with Crippen molar-refractivity contribution in [2.24, 2.45) is 0 Å². The fraction of sp³-hybridized carbons (Fsp3) is 0.385. The van der Waals surface area contributed by atoms with Crippen LogP contribution < -0.4 is 0 Å². The van der Waals surface area contributed by atoms with Crippen LogP contribution in [0.1, 0.15) is 34.6 Å². The van der Waals surface area contributed by atoms with Crippen molar-refractivity contribution >= 4 is 11.6 Å². The summed E-state index contributed by atoms with van der Waals surface area (Å²) in [6.07, 6.45) is 4.57. The Morgan fingerprint density at radius 2 is 1.53 bits per heavy atom. The smallest absolute Gasteiger partial charge is 0.233 e. The molecule has 0 fully saturated rings. The summed E-state index contributed by atoms with van der Waals surface area (Å²) >= 11 is 0. The summed E-state index contributed by atoms with van der Waals surface area (Å²) in [6.45, 7) is 13.2. The summed E-state index contributed by atoms with van der Waals surface area (Å²) in [5, 5.41) is 0. The first kappa shape index (κ1) is 16.0. The zero-order valence-corrected chi connectivity index (χ0v) is 10.3. The first-order chi connectivity index (χ1) is 7.20. The molecule has 0 spiro atoms. The quantitative estimate of drug-likeness (QED) is 0.489. The molecule has 2 heteroatoms. The highest BCUT2D eigenvalue weighted by Crippen LogP contribution is 2.16. The molecular weight excluding hydrogens is 188 g/mol. The highest BCUT2D eigenvalue weighted by Gasteiger charge is 2.26. The van der Waals surface area contributed by atoms with E-state index in [1.54, 1.807) is 19.1 Å². The fourth-order valence-corrected chi connectivity index (χ4v) is 0.927. The van der Waals surface area contributed by atoms with E-state index in [0.717, 1.165) is 0 Å². The predicted octanol–water partition coefficient (Wildman–Crippen LogP) is 3.25. The molecule has 0 radical (unpaired) electrons. The van der Waals surface area contributed by atoms with Crippen LogP contribution in [-0.4, -0.2) is 11.6 Å². The maximum absolute atomic E-state index is 11.0. The first-order valence-electron chi connectivity index (χ1n) is 5.30. The minimum absolute atomic E-state index is 0.392. The van der Waals surface area contributed by atoms with Crippen molar-refractivity contribution in [3.8, 4) is 0 Å². The van der Waals surface area contributed by atoms with Gasteiger partial charge in [-0.05, 0) is 13.0 Å². The molecule has 0 unspecified atom stereocenters. The first-order valence-corrected chi connectivity index (χ1v) is 5.30. The minimum atomic E-state index is -0.451. The van der Waals surface area contributed by atoms with Gasteiger partial charge in [-0.2, -0.15) is 0 Å². The highest BCUT2D eigenvalue weighted by molar-refractivity contribution is 6.53. The largest absolute Gasteiger partial charge is 0.285 e. The third kappa shape index (κ3) is 4.07. The molecule has 0 heterocycles. The molecule has 1 aliphatic rings. The second-order valence-electron chi connectivity index (χ2n) is 2.21. The Labute approximate surface area is 92.4 Å². The summed E-state index contributed by atoms with van der Waals surface area (Å²) in [6, 6.07) is 0. The summed E-state index contributed by atoms with van der Waals surface area (Å²) in [5.41, 5.74) is 0.855. The van der Waals surface area contributed by atoms with Crippen molar-refractivity contribution in [1.29, 1.82) is 0 Å². The minimum Gasteiger partial charge on any atom is -0.285 e. The lowest BCUT2D eigenvalue weighted by Crippen LogP contribution is -2.08. The Bertz CT molecular complexity index is 294. The summed E-state index contributed by atoms with van der Waals surface area (Å²) in [4.78, 5) is 22.0. The van der Waals surface area contributed by atoms with Gasteiger partial charge in [0.1, 0.15) is 0 Å². The van der Waals surface area contributed by atoms with Crippen LogP contribution in [0.2, 0.25) is 0 Å². The third-order valence-corrected chi connectivity index (χ3v) is 1.57. The molecule has 1 rings (SSSR count). The fourth-order valence-electron chi connectivity index (χ4n) is 0.927. The van der Waals surface area contributed by atoms with Gasteiger partial charge in [0.05, 0.1) is 0 Å². The zero-order chi connectivity index (χ0) is 12.4. The lowest BCUT2D eigenvalue weighted by molar-refractivity contribution is -0.131. The van der Waals surface area contributed by atoms with Gasteiger partial charge in [-0.1, -0.05) is 46.4 Å². The van der Waals surface area contributed by atoms with Crippen molar-refractivity contribution in [3.63, 3.8) is 0 Å². The van der Waals surface area contributed by atoms with Gasteiger partial charge >= 0.3 is 0 Å². The normalized spacial score (nSPS) is 16.1.